The third kappa shape index (κ3) is 2.52. The van der Waals surface area contributed by atoms with Crippen LogP contribution >= 0.6 is 0 Å². The molecule has 85 valence electrons. The van der Waals surface area contributed by atoms with Crippen LogP contribution in [0.15, 0.2) is 0 Å². The monoisotopic (exact) mass is 212 g/mol. The maximum Gasteiger partial charge on any atom is 0.395 e. The highest BCUT2D eigenvalue weighted by Gasteiger charge is 2.48. The van der Waals surface area contributed by atoms with Crippen LogP contribution in [0, 0.1) is 11.3 Å². The van der Waals surface area contributed by atoms with Gasteiger partial charge in [0.2, 0.25) is 0 Å². The van der Waals surface area contributed by atoms with Gasteiger partial charge in [0.25, 0.3) is 0 Å². The van der Waals surface area contributed by atoms with Crippen LogP contribution in [0.2, 0.25) is 0 Å². The van der Waals surface area contributed by atoms with E-state index >= 15 is 0 Å². The summed E-state index contributed by atoms with van der Waals surface area (Å²) in [6.45, 7) is 3.90. The van der Waals surface area contributed by atoms with Gasteiger partial charge in [-0.1, -0.05) is 13.3 Å². The van der Waals surface area contributed by atoms with Crippen molar-refractivity contribution in [2.75, 3.05) is 7.11 Å². The number of carboxylic acid groups (broad SMARTS) is 1. The molecule has 2 N–H and O–H groups in total. The Hall–Kier alpha value is -0.545. The second-order valence-electron chi connectivity index (χ2n) is 4.48. The largest absolute Gasteiger partial charge is 0.481 e. The number of carboxylic acids is 1. The van der Waals surface area contributed by atoms with Crippen molar-refractivity contribution >= 4 is 13.6 Å². The molecule has 0 heterocycles. The smallest absolute Gasteiger partial charge is 0.395 e. The molecule has 3 atom stereocenters. The Balaban J connectivity index is 2.62. The van der Waals surface area contributed by atoms with Gasteiger partial charge in [-0.2, -0.15) is 0 Å². The van der Waals surface area contributed by atoms with E-state index in [1.165, 1.54) is 7.62 Å². The molecular formula is C10H19BNO3. The standard InChI is InChI=1S/C10H19BNO3/c1-4-7-5-8(12-11-15-3)6-10(7,2)9(13)14/h7-8,12H,4-6H2,1-3H3,(H,13,14)/t7-,8+,10-/m0/s1. The summed E-state index contributed by atoms with van der Waals surface area (Å²) in [4.78, 5) is 11.2. The first-order valence-corrected chi connectivity index (χ1v) is 5.38. The lowest BCUT2D eigenvalue weighted by atomic mass is 9.78. The molecule has 0 aromatic carbocycles. The summed E-state index contributed by atoms with van der Waals surface area (Å²) < 4.78 is 4.82. The highest BCUT2D eigenvalue weighted by molar-refractivity contribution is 6.23. The van der Waals surface area contributed by atoms with Crippen LogP contribution in [0.1, 0.15) is 33.1 Å². The van der Waals surface area contributed by atoms with Crippen LogP contribution in [-0.4, -0.2) is 31.8 Å². The second kappa shape index (κ2) is 4.99. The summed E-state index contributed by atoms with van der Waals surface area (Å²) in [6.07, 6.45) is 2.48. The lowest BCUT2D eigenvalue weighted by molar-refractivity contribution is -0.150. The van der Waals surface area contributed by atoms with Crippen LogP contribution < -0.4 is 5.23 Å². The van der Waals surface area contributed by atoms with Gasteiger partial charge in [-0.05, 0) is 31.7 Å². The lowest BCUT2D eigenvalue weighted by Crippen LogP contribution is -2.34. The molecule has 0 bridgehead atoms. The van der Waals surface area contributed by atoms with E-state index in [0.29, 0.717) is 6.42 Å². The van der Waals surface area contributed by atoms with Crippen molar-refractivity contribution < 1.29 is 14.6 Å². The zero-order chi connectivity index (χ0) is 11.5. The van der Waals surface area contributed by atoms with Gasteiger partial charge < -0.3 is 15.0 Å². The summed E-state index contributed by atoms with van der Waals surface area (Å²) in [6, 6.07) is 0.219. The highest BCUT2D eigenvalue weighted by Crippen LogP contribution is 2.45. The molecule has 0 amide bonds. The summed E-state index contributed by atoms with van der Waals surface area (Å²) >= 11 is 0. The molecule has 4 nitrogen and oxygen atoms in total. The Morgan fingerprint density at radius 1 is 1.73 bits per heavy atom. The molecule has 0 aromatic rings. The fourth-order valence-electron chi connectivity index (χ4n) is 2.54. The van der Waals surface area contributed by atoms with Crippen molar-refractivity contribution in [3.63, 3.8) is 0 Å². The van der Waals surface area contributed by atoms with Gasteiger partial charge in [-0.25, -0.2) is 0 Å². The molecule has 1 saturated carbocycles. The molecule has 1 fully saturated rings. The van der Waals surface area contributed by atoms with Crippen LogP contribution in [0.5, 0.6) is 0 Å². The molecule has 1 aliphatic rings. The first-order valence-electron chi connectivity index (χ1n) is 5.38. The predicted octanol–water partition coefficient (Wildman–Crippen LogP) is 1.04. The topological polar surface area (TPSA) is 58.6 Å². The third-order valence-corrected chi connectivity index (χ3v) is 3.54. The number of carbonyl (C=O) groups is 1. The summed E-state index contributed by atoms with van der Waals surface area (Å²) in [5, 5.41) is 12.3. The molecule has 1 radical (unpaired) electrons. The van der Waals surface area contributed by atoms with E-state index in [1.54, 1.807) is 7.11 Å². The highest BCUT2D eigenvalue weighted by atomic mass is 16.4. The van der Waals surface area contributed by atoms with Crippen LogP contribution in [-0.2, 0) is 9.45 Å². The lowest BCUT2D eigenvalue weighted by Gasteiger charge is -2.25. The summed E-state index contributed by atoms with van der Waals surface area (Å²) in [7, 11) is 3.11. The quantitative estimate of drug-likeness (QED) is 0.668. The van der Waals surface area contributed by atoms with Gasteiger partial charge in [0.05, 0.1) is 5.41 Å². The van der Waals surface area contributed by atoms with Crippen molar-refractivity contribution in [1.82, 2.24) is 5.23 Å². The summed E-state index contributed by atoms with van der Waals surface area (Å²) in [5.74, 6) is -0.436. The average molecular weight is 212 g/mol. The van der Waals surface area contributed by atoms with Gasteiger partial charge in [-0.3, -0.25) is 4.79 Å². The molecule has 0 spiro atoms. The van der Waals surface area contributed by atoms with E-state index in [1.807, 2.05) is 13.8 Å². The first-order chi connectivity index (χ1) is 7.04. The Bertz CT molecular complexity index is 237. The first kappa shape index (κ1) is 12.5. The van der Waals surface area contributed by atoms with E-state index < -0.39 is 11.4 Å². The minimum absolute atomic E-state index is 0.219. The Kier molecular flexibility index (Phi) is 4.17. The van der Waals surface area contributed by atoms with Crippen molar-refractivity contribution in [2.45, 2.75) is 39.2 Å². The number of hydrogen-bond acceptors (Lipinski definition) is 3. The van der Waals surface area contributed by atoms with E-state index in [0.717, 1.165) is 12.8 Å². The average Bonchev–Trinajstić information content (AvgIpc) is 2.53. The molecule has 5 heteroatoms. The van der Waals surface area contributed by atoms with Crippen LogP contribution in [0.4, 0.5) is 0 Å². The second-order valence-corrected chi connectivity index (χ2v) is 4.48. The van der Waals surface area contributed by atoms with Gasteiger partial charge >= 0.3 is 13.6 Å². The number of aliphatic carboxylic acids is 1. The SMILES string of the molecule is CC[C@H]1C[C@@H](N[B]OC)C[C@]1(C)C(=O)O. The minimum atomic E-state index is -0.684. The molecule has 0 aliphatic heterocycles. The molecule has 0 aromatic heterocycles. The van der Waals surface area contributed by atoms with E-state index in [-0.39, 0.29) is 12.0 Å². The Labute approximate surface area is 91.7 Å². The molecule has 1 aliphatic carbocycles. The predicted molar refractivity (Wildman–Crippen MR) is 58.4 cm³/mol. The molecule has 15 heavy (non-hydrogen) atoms. The van der Waals surface area contributed by atoms with E-state index in [4.69, 9.17) is 4.65 Å². The fraction of sp³-hybridized carbons (Fsp3) is 0.900. The maximum atomic E-state index is 11.2. The van der Waals surface area contributed by atoms with Crippen molar-refractivity contribution in [3.05, 3.63) is 0 Å². The summed E-state index contributed by atoms with van der Waals surface area (Å²) in [5.41, 5.74) is -0.589. The number of nitrogens with one attached hydrogen (secondary N) is 1. The van der Waals surface area contributed by atoms with Crippen molar-refractivity contribution in [1.29, 1.82) is 0 Å². The van der Waals surface area contributed by atoms with E-state index in [9.17, 15) is 9.90 Å². The molecule has 1 rings (SSSR count). The van der Waals surface area contributed by atoms with Gasteiger partial charge in [-0.15, -0.1) is 0 Å². The van der Waals surface area contributed by atoms with Gasteiger partial charge in [0, 0.05) is 7.11 Å². The normalized spacial score (nSPS) is 35.4. The third-order valence-electron chi connectivity index (χ3n) is 3.54. The maximum absolute atomic E-state index is 11.2. The zero-order valence-corrected chi connectivity index (χ0v) is 9.62. The van der Waals surface area contributed by atoms with Crippen molar-refractivity contribution in [3.8, 4) is 0 Å². The van der Waals surface area contributed by atoms with Crippen molar-refractivity contribution in [2.24, 2.45) is 11.3 Å². The minimum Gasteiger partial charge on any atom is -0.481 e. The Morgan fingerprint density at radius 2 is 2.40 bits per heavy atom. The van der Waals surface area contributed by atoms with Gasteiger partial charge in [0.1, 0.15) is 0 Å². The molecule has 0 saturated heterocycles. The number of hydrogen-bond donors (Lipinski definition) is 2. The van der Waals surface area contributed by atoms with Gasteiger partial charge in [0.15, 0.2) is 0 Å². The van der Waals surface area contributed by atoms with Crippen LogP contribution in [0.25, 0.3) is 0 Å². The van der Waals surface area contributed by atoms with E-state index in [2.05, 4.69) is 5.23 Å². The molecular weight excluding hydrogens is 193 g/mol. The fourth-order valence-corrected chi connectivity index (χ4v) is 2.54. The zero-order valence-electron chi connectivity index (χ0n) is 9.62. The molecule has 0 unspecified atom stereocenters. The van der Waals surface area contributed by atoms with Crippen LogP contribution in [0.3, 0.4) is 0 Å². The Morgan fingerprint density at radius 3 is 2.80 bits per heavy atom. The number of rotatable bonds is 5.